The highest BCUT2D eigenvalue weighted by Crippen LogP contribution is 1.94. The molecule has 1 rings (SSSR count). The number of carbonyl (C=O) groups is 1. The van der Waals surface area contributed by atoms with Crippen LogP contribution in [0.2, 0.25) is 0 Å². The lowest BCUT2D eigenvalue weighted by atomic mass is 10.4. The van der Waals surface area contributed by atoms with E-state index in [0.717, 1.165) is 32.8 Å². The normalized spacial score (nSPS) is 18.6. The first kappa shape index (κ1) is 11.2. The summed E-state index contributed by atoms with van der Waals surface area (Å²) in [5.74, 6) is -0.0132. The van der Waals surface area contributed by atoms with Gasteiger partial charge in [-0.3, -0.25) is 9.69 Å². The lowest BCUT2D eigenvalue weighted by Gasteiger charge is -2.26. The molecule has 0 saturated carbocycles. The van der Waals surface area contributed by atoms with Gasteiger partial charge in [-0.15, -0.1) is 0 Å². The minimum Gasteiger partial charge on any atom is -0.379 e. The fraction of sp³-hybridized carbons (Fsp3) is 0.700. The molecule has 14 heavy (non-hydrogen) atoms. The van der Waals surface area contributed by atoms with Crippen molar-refractivity contribution in [3.8, 4) is 0 Å². The average molecular weight is 198 g/mol. The number of ether oxygens (including phenoxy) is 1. The quantitative estimate of drug-likeness (QED) is 0.647. The third-order valence-corrected chi connectivity index (χ3v) is 2.15. The van der Waals surface area contributed by atoms with Gasteiger partial charge in [-0.1, -0.05) is 6.08 Å². The zero-order chi connectivity index (χ0) is 10.2. The predicted molar refractivity (Wildman–Crippen MR) is 55.1 cm³/mol. The zero-order valence-electron chi connectivity index (χ0n) is 8.66. The molecule has 0 atom stereocenters. The Balaban J connectivity index is 2.05. The van der Waals surface area contributed by atoms with Gasteiger partial charge in [0, 0.05) is 26.2 Å². The van der Waals surface area contributed by atoms with Crippen LogP contribution in [0.25, 0.3) is 0 Å². The van der Waals surface area contributed by atoms with E-state index in [1.807, 2.05) is 6.92 Å². The Morgan fingerprint density at radius 3 is 2.86 bits per heavy atom. The lowest BCUT2D eigenvalue weighted by Crippen LogP contribution is -2.41. The van der Waals surface area contributed by atoms with Gasteiger partial charge < -0.3 is 10.1 Å². The Morgan fingerprint density at radius 2 is 2.21 bits per heavy atom. The summed E-state index contributed by atoms with van der Waals surface area (Å²) in [5.41, 5.74) is 0. The molecule has 0 aliphatic carbocycles. The van der Waals surface area contributed by atoms with Crippen LogP contribution in [0.1, 0.15) is 6.92 Å². The smallest absolute Gasteiger partial charge is 0.243 e. The number of hydrogen-bond donors (Lipinski definition) is 1. The summed E-state index contributed by atoms with van der Waals surface area (Å²) in [7, 11) is 0. The highest BCUT2D eigenvalue weighted by Gasteiger charge is 2.09. The molecule has 1 heterocycles. The summed E-state index contributed by atoms with van der Waals surface area (Å²) < 4.78 is 5.23. The molecule has 0 radical (unpaired) electrons. The van der Waals surface area contributed by atoms with E-state index in [2.05, 4.69) is 10.2 Å². The predicted octanol–water partition coefficient (Wildman–Crippen LogP) is 0.0109. The number of nitrogens with zero attached hydrogens (tertiary/aromatic N) is 1. The molecular formula is C10H18N2O2. The number of nitrogens with one attached hydrogen (secondary N) is 1. The van der Waals surface area contributed by atoms with E-state index in [4.69, 9.17) is 4.74 Å². The van der Waals surface area contributed by atoms with Crippen molar-refractivity contribution in [2.24, 2.45) is 0 Å². The van der Waals surface area contributed by atoms with Crippen LogP contribution in [0.5, 0.6) is 0 Å². The molecule has 4 nitrogen and oxygen atoms in total. The molecule has 0 spiro atoms. The van der Waals surface area contributed by atoms with Crippen LogP contribution in [-0.2, 0) is 9.53 Å². The summed E-state index contributed by atoms with van der Waals surface area (Å²) in [6, 6.07) is 0. The van der Waals surface area contributed by atoms with Crippen molar-refractivity contribution in [1.82, 2.24) is 10.2 Å². The van der Waals surface area contributed by atoms with E-state index >= 15 is 0 Å². The fourth-order valence-electron chi connectivity index (χ4n) is 1.37. The Kier molecular flexibility index (Phi) is 5.25. The van der Waals surface area contributed by atoms with Crippen LogP contribution >= 0.6 is 0 Å². The number of hydrogen-bond acceptors (Lipinski definition) is 3. The second kappa shape index (κ2) is 6.56. The standard InChI is InChI=1S/C10H18N2O2/c1-2-3-10(13)11-4-5-12-6-8-14-9-7-12/h2-3H,4-9H2,1H3,(H,11,13). The average Bonchev–Trinajstić information content (AvgIpc) is 2.20. The van der Waals surface area contributed by atoms with Crippen molar-refractivity contribution in [3.63, 3.8) is 0 Å². The molecule has 0 bridgehead atoms. The van der Waals surface area contributed by atoms with Gasteiger partial charge in [0.05, 0.1) is 13.2 Å². The molecule has 0 aromatic heterocycles. The van der Waals surface area contributed by atoms with Gasteiger partial charge in [0.1, 0.15) is 0 Å². The van der Waals surface area contributed by atoms with Crippen LogP contribution < -0.4 is 5.32 Å². The SMILES string of the molecule is CC=CC(=O)NCCN1CCOCC1. The van der Waals surface area contributed by atoms with Crippen molar-refractivity contribution in [2.45, 2.75) is 6.92 Å². The van der Waals surface area contributed by atoms with Gasteiger partial charge in [0.2, 0.25) is 5.91 Å². The molecule has 0 aromatic rings. The van der Waals surface area contributed by atoms with Gasteiger partial charge in [0.25, 0.3) is 0 Å². The molecule has 0 unspecified atom stereocenters. The Morgan fingerprint density at radius 1 is 1.50 bits per heavy atom. The maximum atomic E-state index is 11.0. The van der Waals surface area contributed by atoms with Crippen LogP contribution in [0, 0.1) is 0 Å². The van der Waals surface area contributed by atoms with E-state index in [1.165, 1.54) is 0 Å². The monoisotopic (exact) mass is 198 g/mol. The fourth-order valence-corrected chi connectivity index (χ4v) is 1.37. The first-order chi connectivity index (χ1) is 6.83. The Hall–Kier alpha value is -0.870. The van der Waals surface area contributed by atoms with Gasteiger partial charge >= 0.3 is 0 Å². The summed E-state index contributed by atoms with van der Waals surface area (Å²) >= 11 is 0. The van der Waals surface area contributed by atoms with Gasteiger partial charge in [-0.2, -0.15) is 0 Å². The van der Waals surface area contributed by atoms with E-state index < -0.39 is 0 Å². The topological polar surface area (TPSA) is 41.6 Å². The van der Waals surface area contributed by atoms with E-state index in [0.29, 0.717) is 6.54 Å². The van der Waals surface area contributed by atoms with Gasteiger partial charge in [-0.25, -0.2) is 0 Å². The molecule has 1 aliphatic rings. The number of morpholine rings is 1. The highest BCUT2D eigenvalue weighted by molar-refractivity contribution is 5.87. The third kappa shape index (κ3) is 4.39. The maximum absolute atomic E-state index is 11.0. The molecule has 1 N–H and O–H groups in total. The van der Waals surface area contributed by atoms with Crippen molar-refractivity contribution >= 4 is 5.91 Å². The van der Waals surface area contributed by atoms with E-state index in [-0.39, 0.29) is 5.91 Å². The Bertz CT molecular complexity index is 198. The molecule has 80 valence electrons. The molecule has 1 amide bonds. The first-order valence-electron chi connectivity index (χ1n) is 5.03. The number of amides is 1. The van der Waals surface area contributed by atoms with Gasteiger partial charge in [0.15, 0.2) is 0 Å². The highest BCUT2D eigenvalue weighted by atomic mass is 16.5. The second-order valence-corrected chi connectivity index (χ2v) is 3.25. The lowest BCUT2D eigenvalue weighted by molar-refractivity contribution is -0.116. The van der Waals surface area contributed by atoms with E-state index in [1.54, 1.807) is 12.2 Å². The minimum absolute atomic E-state index is 0.0132. The largest absolute Gasteiger partial charge is 0.379 e. The number of allylic oxidation sites excluding steroid dienone is 1. The molecule has 1 fully saturated rings. The summed E-state index contributed by atoms with van der Waals surface area (Å²) in [6.45, 7) is 7.02. The molecule has 0 aromatic carbocycles. The summed E-state index contributed by atoms with van der Waals surface area (Å²) in [4.78, 5) is 13.3. The van der Waals surface area contributed by atoms with Crippen molar-refractivity contribution in [3.05, 3.63) is 12.2 Å². The number of carbonyl (C=O) groups excluding carboxylic acids is 1. The third-order valence-electron chi connectivity index (χ3n) is 2.15. The van der Waals surface area contributed by atoms with E-state index in [9.17, 15) is 4.79 Å². The first-order valence-corrected chi connectivity index (χ1v) is 5.03. The zero-order valence-corrected chi connectivity index (χ0v) is 8.66. The minimum atomic E-state index is -0.0132. The van der Waals surface area contributed by atoms with Gasteiger partial charge in [-0.05, 0) is 13.0 Å². The van der Waals surface area contributed by atoms with Crippen molar-refractivity contribution < 1.29 is 9.53 Å². The Labute approximate surface area is 84.9 Å². The van der Waals surface area contributed by atoms with Crippen molar-refractivity contribution in [1.29, 1.82) is 0 Å². The molecule has 1 aliphatic heterocycles. The summed E-state index contributed by atoms with van der Waals surface area (Å²) in [5, 5.41) is 2.82. The van der Waals surface area contributed by atoms with Crippen LogP contribution in [0.15, 0.2) is 12.2 Å². The molecular weight excluding hydrogens is 180 g/mol. The number of rotatable bonds is 4. The summed E-state index contributed by atoms with van der Waals surface area (Å²) in [6.07, 6.45) is 3.28. The molecule has 1 saturated heterocycles. The molecule has 4 heteroatoms. The van der Waals surface area contributed by atoms with Crippen LogP contribution in [0.4, 0.5) is 0 Å². The second-order valence-electron chi connectivity index (χ2n) is 3.25. The maximum Gasteiger partial charge on any atom is 0.243 e. The van der Waals surface area contributed by atoms with Crippen molar-refractivity contribution in [2.75, 3.05) is 39.4 Å². The van der Waals surface area contributed by atoms with Crippen LogP contribution in [-0.4, -0.2) is 50.2 Å². The van der Waals surface area contributed by atoms with Crippen LogP contribution in [0.3, 0.4) is 0 Å².